The van der Waals surface area contributed by atoms with Crippen LogP contribution in [0.5, 0.6) is 5.75 Å². The lowest BCUT2D eigenvalue weighted by molar-refractivity contribution is -0.142. The van der Waals surface area contributed by atoms with Crippen molar-refractivity contribution in [3.8, 4) is 5.75 Å². The van der Waals surface area contributed by atoms with Gasteiger partial charge in [-0.2, -0.15) is 0 Å². The minimum Gasteiger partial charge on any atom is -0.508 e. The van der Waals surface area contributed by atoms with Crippen LogP contribution in [0.25, 0.3) is 0 Å². The molecule has 1 saturated carbocycles. The molecule has 0 unspecified atom stereocenters. The van der Waals surface area contributed by atoms with Gasteiger partial charge >= 0.3 is 0 Å². The third kappa shape index (κ3) is 2.09. The van der Waals surface area contributed by atoms with Crippen molar-refractivity contribution in [1.29, 1.82) is 0 Å². The van der Waals surface area contributed by atoms with Crippen LogP contribution >= 0.6 is 0 Å². The van der Waals surface area contributed by atoms with E-state index in [1.807, 2.05) is 12.1 Å². The first-order valence-electron chi connectivity index (χ1n) is 6.81. The molecule has 2 aliphatic rings. The van der Waals surface area contributed by atoms with Crippen molar-refractivity contribution in [2.24, 2.45) is 5.92 Å². The average Bonchev–Trinajstić information content (AvgIpc) is 2.70. The van der Waals surface area contributed by atoms with Gasteiger partial charge in [0.15, 0.2) is 0 Å². The van der Waals surface area contributed by atoms with Crippen molar-refractivity contribution >= 4 is 5.91 Å². The predicted octanol–water partition coefficient (Wildman–Crippen LogP) is 2.34. The zero-order chi connectivity index (χ0) is 12.5. The first-order valence-corrected chi connectivity index (χ1v) is 6.81. The summed E-state index contributed by atoms with van der Waals surface area (Å²) in [6, 6.07) is 7.68. The molecule has 1 saturated heterocycles. The molecule has 1 aliphatic carbocycles. The molecule has 1 aromatic carbocycles. The quantitative estimate of drug-likeness (QED) is 0.888. The van der Waals surface area contributed by atoms with Gasteiger partial charge in [0.2, 0.25) is 5.91 Å². The third-order valence-corrected chi connectivity index (χ3v) is 4.33. The summed E-state index contributed by atoms with van der Waals surface area (Å²) in [4.78, 5) is 14.2. The highest BCUT2D eigenvalue weighted by molar-refractivity contribution is 5.77. The van der Waals surface area contributed by atoms with E-state index in [0.717, 1.165) is 24.4 Å². The Balaban J connectivity index is 1.51. The second-order valence-corrected chi connectivity index (χ2v) is 5.47. The van der Waals surface area contributed by atoms with Gasteiger partial charge in [0.25, 0.3) is 0 Å². The molecule has 0 radical (unpaired) electrons. The molecule has 3 nitrogen and oxygen atoms in total. The molecule has 18 heavy (non-hydrogen) atoms. The monoisotopic (exact) mass is 245 g/mol. The molecule has 2 fully saturated rings. The number of hydrogen-bond acceptors (Lipinski definition) is 2. The summed E-state index contributed by atoms with van der Waals surface area (Å²) < 4.78 is 0. The lowest BCUT2D eigenvalue weighted by Gasteiger charge is -2.44. The number of benzene rings is 1. The Kier molecular flexibility index (Phi) is 2.98. The van der Waals surface area contributed by atoms with Gasteiger partial charge in [0, 0.05) is 19.0 Å². The highest BCUT2D eigenvalue weighted by atomic mass is 16.3. The Bertz CT molecular complexity index is 440. The molecule has 3 rings (SSSR count). The van der Waals surface area contributed by atoms with Crippen molar-refractivity contribution in [2.75, 3.05) is 6.54 Å². The lowest BCUT2D eigenvalue weighted by Crippen LogP contribution is -2.55. The summed E-state index contributed by atoms with van der Waals surface area (Å²) in [7, 11) is 0. The number of rotatable bonds is 3. The zero-order valence-corrected chi connectivity index (χ0v) is 10.5. The van der Waals surface area contributed by atoms with Crippen LogP contribution in [0.2, 0.25) is 0 Å². The summed E-state index contributed by atoms with van der Waals surface area (Å²) in [6.45, 7) is 0.985. The van der Waals surface area contributed by atoms with E-state index in [2.05, 4.69) is 4.90 Å². The Hall–Kier alpha value is -1.51. The number of phenolic OH excluding ortho intramolecular Hbond substituents is 1. The van der Waals surface area contributed by atoms with Crippen LogP contribution in [0.3, 0.4) is 0 Å². The van der Waals surface area contributed by atoms with Crippen LogP contribution in [0, 0.1) is 5.92 Å². The number of hydrogen-bond donors (Lipinski definition) is 1. The van der Waals surface area contributed by atoms with Gasteiger partial charge in [0.1, 0.15) is 5.75 Å². The molecular weight excluding hydrogens is 226 g/mol. The Morgan fingerprint density at radius 2 is 2.06 bits per heavy atom. The van der Waals surface area contributed by atoms with Crippen molar-refractivity contribution in [2.45, 2.75) is 38.1 Å². The predicted molar refractivity (Wildman–Crippen MR) is 69.3 cm³/mol. The second-order valence-electron chi connectivity index (χ2n) is 5.47. The molecule has 3 heteroatoms. The second kappa shape index (κ2) is 4.63. The van der Waals surface area contributed by atoms with Crippen LogP contribution in [-0.2, 0) is 11.2 Å². The third-order valence-electron chi connectivity index (χ3n) is 4.33. The highest BCUT2D eigenvalue weighted by Crippen LogP contribution is 2.39. The number of likely N-dealkylation sites (tertiary alicyclic amines) is 1. The fourth-order valence-electron chi connectivity index (χ4n) is 3.23. The van der Waals surface area contributed by atoms with Crippen LogP contribution in [0.4, 0.5) is 0 Å². The maximum atomic E-state index is 12.1. The van der Waals surface area contributed by atoms with Gasteiger partial charge in [-0.1, -0.05) is 18.6 Å². The standard InChI is InChI=1S/C15H19NO2/c17-13-7-4-11(5-8-13)6-9-15(18)16-10-12-2-1-3-14(12)16/h4-5,7-8,12,14,17H,1-3,6,9-10H2/t12-,14-/m0/s1. The van der Waals surface area contributed by atoms with Gasteiger partial charge < -0.3 is 10.0 Å². The minimum atomic E-state index is 0.279. The molecule has 1 aromatic rings. The zero-order valence-electron chi connectivity index (χ0n) is 10.5. The van der Waals surface area contributed by atoms with Crippen LogP contribution < -0.4 is 0 Å². The molecule has 0 spiro atoms. The molecule has 1 N–H and O–H groups in total. The molecule has 0 aromatic heterocycles. The maximum absolute atomic E-state index is 12.1. The summed E-state index contributed by atoms with van der Waals surface area (Å²) in [5.41, 5.74) is 1.12. The molecule has 1 heterocycles. The van der Waals surface area contributed by atoms with E-state index in [-0.39, 0.29) is 5.75 Å². The van der Waals surface area contributed by atoms with E-state index in [4.69, 9.17) is 0 Å². The summed E-state index contributed by atoms with van der Waals surface area (Å²) in [5, 5.41) is 9.20. The minimum absolute atomic E-state index is 0.279. The van der Waals surface area contributed by atoms with Crippen molar-refractivity contribution in [1.82, 2.24) is 4.90 Å². The fourth-order valence-corrected chi connectivity index (χ4v) is 3.23. The number of nitrogens with zero attached hydrogens (tertiary/aromatic N) is 1. The Morgan fingerprint density at radius 3 is 2.78 bits per heavy atom. The topological polar surface area (TPSA) is 40.5 Å². The fraction of sp³-hybridized carbons (Fsp3) is 0.533. The van der Waals surface area contributed by atoms with Crippen molar-refractivity contribution < 1.29 is 9.90 Å². The van der Waals surface area contributed by atoms with E-state index in [0.29, 0.717) is 18.4 Å². The first kappa shape index (κ1) is 11.6. The molecular formula is C15H19NO2. The molecule has 1 aliphatic heterocycles. The normalized spacial score (nSPS) is 25.7. The van der Waals surface area contributed by atoms with Crippen molar-refractivity contribution in [3.63, 3.8) is 0 Å². The molecule has 2 atom stereocenters. The largest absolute Gasteiger partial charge is 0.508 e. The van der Waals surface area contributed by atoms with Gasteiger partial charge in [-0.3, -0.25) is 4.79 Å². The molecule has 0 bridgehead atoms. The smallest absolute Gasteiger partial charge is 0.223 e. The number of amides is 1. The van der Waals surface area contributed by atoms with E-state index in [1.54, 1.807) is 12.1 Å². The number of phenols is 1. The number of aromatic hydroxyl groups is 1. The van der Waals surface area contributed by atoms with Crippen molar-refractivity contribution in [3.05, 3.63) is 29.8 Å². The number of carbonyl (C=O) groups is 1. The Labute approximate surface area is 107 Å². The van der Waals surface area contributed by atoms with Gasteiger partial charge in [-0.05, 0) is 42.9 Å². The van der Waals surface area contributed by atoms with E-state index in [9.17, 15) is 9.90 Å². The van der Waals surface area contributed by atoms with E-state index >= 15 is 0 Å². The van der Waals surface area contributed by atoms with Gasteiger partial charge in [0.05, 0.1) is 0 Å². The van der Waals surface area contributed by atoms with Gasteiger partial charge in [-0.25, -0.2) is 0 Å². The number of fused-ring (bicyclic) bond motifs is 1. The molecule has 96 valence electrons. The lowest BCUT2D eigenvalue weighted by atomic mass is 9.91. The number of aryl methyl sites for hydroxylation is 1. The first-order chi connectivity index (χ1) is 8.74. The molecule has 1 amide bonds. The summed E-state index contributed by atoms with van der Waals surface area (Å²) in [6.07, 6.45) is 5.17. The van der Waals surface area contributed by atoms with E-state index < -0.39 is 0 Å². The van der Waals surface area contributed by atoms with Gasteiger partial charge in [-0.15, -0.1) is 0 Å². The SMILES string of the molecule is O=C(CCc1ccc(O)cc1)N1C[C@@H]2CCC[C@@H]21. The van der Waals surface area contributed by atoms with Crippen LogP contribution in [0.15, 0.2) is 24.3 Å². The average molecular weight is 245 g/mol. The van der Waals surface area contributed by atoms with Crippen LogP contribution in [-0.4, -0.2) is 28.5 Å². The summed E-state index contributed by atoms with van der Waals surface area (Å²) >= 11 is 0. The maximum Gasteiger partial charge on any atom is 0.223 e. The summed E-state index contributed by atoms with van der Waals surface area (Å²) in [5.74, 6) is 1.37. The van der Waals surface area contributed by atoms with E-state index in [1.165, 1.54) is 19.3 Å². The van der Waals surface area contributed by atoms with Crippen LogP contribution in [0.1, 0.15) is 31.2 Å². The Morgan fingerprint density at radius 1 is 1.28 bits per heavy atom. The number of carbonyl (C=O) groups excluding carboxylic acids is 1. The highest BCUT2D eigenvalue weighted by Gasteiger charge is 2.43.